The maximum Gasteiger partial charge on any atom is 0.310 e. The SMILES string of the molecule is CC(O)C1CC[C@]2(C(=O)O)CC[C@]3(C)C(=CCC4[C@@]5(C)CC[C@H](O)C(C)(C)C5CC[C@]43C)[C@@H]2[C@H]1C. The van der Waals surface area contributed by atoms with Crippen LogP contribution >= 0.6 is 0 Å². The Kier molecular flexibility index (Phi) is 5.76. The van der Waals surface area contributed by atoms with E-state index < -0.39 is 17.5 Å². The molecule has 0 radical (unpaired) electrons. The van der Waals surface area contributed by atoms with Gasteiger partial charge < -0.3 is 15.3 Å². The van der Waals surface area contributed by atoms with Crippen LogP contribution in [0.4, 0.5) is 0 Å². The molecule has 0 saturated heterocycles. The number of carboxylic acids is 1. The van der Waals surface area contributed by atoms with Gasteiger partial charge in [-0.3, -0.25) is 4.79 Å². The van der Waals surface area contributed by atoms with Crippen LogP contribution in [-0.4, -0.2) is 33.5 Å². The molecule has 11 atom stereocenters. The fourth-order valence-corrected chi connectivity index (χ4v) is 11.4. The van der Waals surface area contributed by atoms with Crippen LogP contribution in [-0.2, 0) is 4.79 Å². The Hall–Kier alpha value is -0.870. The molecule has 5 aliphatic rings. The average Bonchev–Trinajstić information content (AvgIpc) is 2.76. The largest absolute Gasteiger partial charge is 0.481 e. The number of aliphatic carboxylic acids is 1. The van der Waals surface area contributed by atoms with Gasteiger partial charge >= 0.3 is 5.97 Å². The number of carboxylic acid groups (broad SMARTS) is 1. The van der Waals surface area contributed by atoms with Gasteiger partial charge in [0.25, 0.3) is 0 Å². The van der Waals surface area contributed by atoms with Crippen molar-refractivity contribution in [1.82, 2.24) is 0 Å². The molecule has 5 rings (SSSR count). The van der Waals surface area contributed by atoms with E-state index >= 15 is 0 Å². The first-order chi connectivity index (χ1) is 16.2. The lowest BCUT2D eigenvalue weighted by Crippen LogP contribution is -2.65. The Balaban J connectivity index is 1.61. The zero-order chi connectivity index (χ0) is 25.8. The lowest BCUT2D eigenvalue weighted by atomic mass is 9.33. The Labute approximate surface area is 213 Å². The summed E-state index contributed by atoms with van der Waals surface area (Å²) in [7, 11) is 0. The summed E-state index contributed by atoms with van der Waals surface area (Å²) in [4.78, 5) is 12.9. The third-order valence-electron chi connectivity index (χ3n) is 13.7. The molecule has 4 nitrogen and oxygen atoms in total. The van der Waals surface area contributed by atoms with Crippen molar-refractivity contribution in [3.63, 3.8) is 0 Å². The van der Waals surface area contributed by atoms with Gasteiger partial charge in [0, 0.05) is 0 Å². The molecule has 0 heterocycles. The molecule has 0 amide bonds. The zero-order valence-electron chi connectivity index (χ0n) is 23.2. The summed E-state index contributed by atoms with van der Waals surface area (Å²) in [5.41, 5.74) is 0.984. The minimum Gasteiger partial charge on any atom is -0.481 e. The summed E-state index contributed by atoms with van der Waals surface area (Å²) in [5, 5.41) is 32.1. The van der Waals surface area contributed by atoms with E-state index in [2.05, 4.69) is 47.6 Å². The minimum absolute atomic E-state index is 0.0113. The van der Waals surface area contributed by atoms with E-state index in [0.29, 0.717) is 18.3 Å². The third kappa shape index (κ3) is 3.08. The number of rotatable bonds is 2. The van der Waals surface area contributed by atoms with Crippen LogP contribution < -0.4 is 0 Å². The lowest BCUT2D eigenvalue weighted by molar-refractivity contribution is -0.207. The van der Waals surface area contributed by atoms with E-state index in [1.54, 1.807) is 0 Å². The van der Waals surface area contributed by atoms with Crippen molar-refractivity contribution >= 4 is 5.97 Å². The molecule has 0 aromatic carbocycles. The summed E-state index contributed by atoms with van der Waals surface area (Å²) in [6.45, 7) is 16.2. The van der Waals surface area contributed by atoms with E-state index in [9.17, 15) is 20.1 Å². The number of carbonyl (C=O) groups is 1. The minimum atomic E-state index is -0.683. The van der Waals surface area contributed by atoms with E-state index in [1.165, 1.54) is 5.57 Å². The predicted molar refractivity (Wildman–Crippen MR) is 139 cm³/mol. The van der Waals surface area contributed by atoms with Crippen molar-refractivity contribution in [2.24, 2.45) is 56.7 Å². The Morgan fingerprint density at radius 1 is 0.971 bits per heavy atom. The molecule has 4 fully saturated rings. The standard InChI is InChI=1S/C31H50O4/c1-18-20(19(2)32)10-15-31(26(34)35)17-16-29(6)21(25(18)31)8-9-23-28(5)13-12-24(33)27(3,4)22(28)11-14-30(23,29)7/h8,18-20,22-25,32-33H,9-17H2,1-7H3,(H,34,35)/t18-,19?,20?,22?,23?,24-,25-,28-,29+,30+,31-/m0/s1. The summed E-state index contributed by atoms with van der Waals surface area (Å²) < 4.78 is 0. The highest BCUT2D eigenvalue weighted by atomic mass is 16.4. The second kappa shape index (κ2) is 7.82. The number of hydrogen-bond acceptors (Lipinski definition) is 3. The Morgan fingerprint density at radius 3 is 2.29 bits per heavy atom. The number of aliphatic hydroxyl groups excluding tert-OH is 2. The van der Waals surface area contributed by atoms with Gasteiger partial charge in [-0.05, 0) is 116 Å². The van der Waals surface area contributed by atoms with Crippen molar-refractivity contribution in [1.29, 1.82) is 0 Å². The molecule has 0 spiro atoms. The molecule has 0 aromatic heterocycles. The highest BCUT2D eigenvalue weighted by Gasteiger charge is 2.69. The second-order valence-electron chi connectivity index (χ2n) is 14.9. The van der Waals surface area contributed by atoms with E-state index in [1.807, 2.05) is 6.92 Å². The fraction of sp³-hybridized carbons (Fsp3) is 0.903. The first-order valence-electron chi connectivity index (χ1n) is 14.5. The Bertz CT molecular complexity index is 921. The van der Waals surface area contributed by atoms with Crippen molar-refractivity contribution in [2.75, 3.05) is 0 Å². The van der Waals surface area contributed by atoms with Crippen molar-refractivity contribution in [2.45, 2.75) is 118 Å². The topological polar surface area (TPSA) is 77.8 Å². The summed E-state index contributed by atoms with van der Waals surface area (Å²) in [5.74, 6) is 0.799. The smallest absolute Gasteiger partial charge is 0.310 e. The summed E-state index contributed by atoms with van der Waals surface area (Å²) in [6, 6.07) is 0. The van der Waals surface area contributed by atoms with Gasteiger partial charge in [-0.15, -0.1) is 0 Å². The van der Waals surface area contributed by atoms with E-state index in [0.717, 1.165) is 51.4 Å². The van der Waals surface area contributed by atoms with Crippen LogP contribution in [0.1, 0.15) is 106 Å². The number of allylic oxidation sites excluding steroid dienone is 2. The molecule has 4 unspecified atom stereocenters. The van der Waals surface area contributed by atoms with Crippen molar-refractivity contribution in [3.8, 4) is 0 Å². The first-order valence-corrected chi connectivity index (χ1v) is 14.5. The molecule has 0 aliphatic heterocycles. The molecule has 5 aliphatic carbocycles. The highest BCUT2D eigenvalue weighted by Crippen LogP contribution is 2.75. The first kappa shape index (κ1) is 25.8. The van der Waals surface area contributed by atoms with Crippen LogP contribution in [0.25, 0.3) is 0 Å². The molecular formula is C31H50O4. The van der Waals surface area contributed by atoms with Crippen molar-refractivity contribution < 1.29 is 20.1 Å². The van der Waals surface area contributed by atoms with Gasteiger partial charge in [0.05, 0.1) is 17.6 Å². The molecule has 198 valence electrons. The number of hydrogen-bond donors (Lipinski definition) is 3. The number of fused-ring (bicyclic) bond motifs is 7. The molecule has 0 aromatic rings. The van der Waals surface area contributed by atoms with E-state index in [4.69, 9.17) is 0 Å². The maximum atomic E-state index is 12.9. The quantitative estimate of drug-likeness (QED) is 0.392. The van der Waals surface area contributed by atoms with Gasteiger partial charge in [0.2, 0.25) is 0 Å². The number of aliphatic hydroxyl groups is 2. The van der Waals surface area contributed by atoms with Gasteiger partial charge in [-0.1, -0.05) is 53.2 Å². The van der Waals surface area contributed by atoms with Crippen LogP contribution in [0.15, 0.2) is 11.6 Å². The molecular weight excluding hydrogens is 436 g/mol. The second-order valence-corrected chi connectivity index (χ2v) is 14.9. The van der Waals surface area contributed by atoms with Gasteiger partial charge in [0.15, 0.2) is 0 Å². The average molecular weight is 487 g/mol. The Morgan fingerprint density at radius 2 is 1.66 bits per heavy atom. The lowest BCUT2D eigenvalue weighted by Gasteiger charge is -2.71. The molecule has 35 heavy (non-hydrogen) atoms. The third-order valence-corrected chi connectivity index (χ3v) is 13.7. The van der Waals surface area contributed by atoms with Crippen LogP contribution in [0.2, 0.25) is 0 Å². The van der Waals surface area contributed by atoms with Gasteiger partial charge in [0.1, 0.15) is 0 Å². The normalized spacial score (nSPS) is 53.8. The molecule has 4 heteroatoms. The van der Waals surface area contributed by atoms with Crippen LogP contribution in [0.3, 0.4) is 0 Å². The molecule has 0 bridgehead atoms. The molecule has 4 saturated carbocycles. The summed E-state index contributed by atoms with van der Waals surface area (Å²) in [6.07, 6.45) is 10.4. The van der Waals surface area contributed by atoms with Gasteiger partial charge in [-0.25, -0.2) is 0 Å². The maximum absolute atomic E-state index is 12.9. The molecule has 3 N–H and O–H groups in total. The monoisotopic (exact) mass is 486 g/mol. The predicted octanol–water partition coefficient (Wildman–Crippen LogP) is 6.45. The summed E-state index contributed by atoms with van der Waals surface area (Å²) >= 11 is 0. The van der Waals surface area contributed by atoms with Gasteiger partial charge in [-0.2, -0.15) is 0 Å². The van der Waals surface area contributed by atoms with E-state index in [-0.39, 0.29) is 45.5 Å². The highest BCUT2D eigenvalue weighted by molar-refractivity contribution is 5.76. The van der Waals surface area contributed by atoms with Crippen LogP contribution in [0, 0.1) is 56.7 Å². The fourth-order valence-electron chi connectivity index (χ4n) is 11.4. The zero-order valence-corrected chi connectivity index (χ0v) is 23.2. The van der Waals surface area contributed by atoms with Crippen molar-refractivity contribution in [3.05, 3.63) is 11.6 Å². The van der Waals surface area contributed by atoms with Crippen LogP contribution in [0.5, 0.6) is 0 Å².